The number of halogens is 1. The van der Waals surface area contributed by atoms with Gasteiger partial charge in [-0.1, -0.05) is 0 Å². The number of pyridine rings is 1. The van der Waals surface area contributed by atoms with Gasteiger partial charge in [-0.15, -0.1) is 0 Å². The van der Waals surface area contributed by atoms with E-state index >= 15 is 0 Å². The molecule has 0 amide bonds. The molecule has 0 bridgehead atoms. The summed E-state index contributed by atoms with van der Waals surface area (Å²) in [5.74, 6) is 0.304. The van der Waals surface area contributed by atoms with Crippen LogP contribution in [0, 0.1) is 5.82 Å². The third kappa shape index (κ3) is 2.99. The fraction of sp³-hybridized carbons (Fsp3) is 0.190. The summed E-state index contributed by atoms with van der Waals surface area (Å²) < 4.78 is 13.6. The molecule has 0 unspecified atom stereocenters. The van der Waals surface area contributed by atoms with E-state index in [4.69, 9.17) is 0 Å². The minimum absolute atomic E-state index is 0.112. The number of nitrogens with zero attached hydrogens (tertiary/aromatic N) is 3. The van der Waals surface area contributed by atoms with Gasteiger partial charge in [0.2, 0.25) is 0 Å². The van der Waals surface area contributed by atoms with Gasteiger partial charge in [-0.3, -0.25) is 14.7 Å². The minimum Gasteiger partial charge on any atom is -0.361 e. The van der Waals surface area contributed by atoms with Crippen molar-refractivity contribution in [2.45, 2.75) is 19.5 Å². The molecule has 1 aliphatic heterocycles. The summed E-state index contributed by atoms with van der Waals surface area (Å²) in [5, 5.41) is 0.879. The van der Waals surface area contributed by atoms with Crippen LogP contribution in [0.1, 0.15) is 16.8 Å². The topological polar surface area (TPSA) is 77.7 Å². The van der Waals surface area contributed by atoms with E-state index in [1.807, 2.05) is 18.3 Å². The van der Waals surface area contributed by atoms with Crippen LogP contribution in [0.15, 0.2) is 53.7 Å². The summed E-state index contributed by atoms with van der Waals surface area (Å²) in [6, 6.07) is 8.44. The highest BCUT2D eigenvalue weighted by Crippen LogP contribution is 2.24. The molecular formula is C21H18FN5O. The molecule has 0 saturated carbocycles. The molecule has 3 aromatic heterocycles. The molecule has 0 radical (unpaired) electrons. The number of aromatic nitrogens is 4. The number of H-pyrrole nitrogens is 2. The Balaban J connectivity index is 1.42. The molecule has 4 aromatic rings. The van der Waals surface area contributed by atoms with Crippen molar-refractivity contribution in [2.75, 3.05) is 6.54 Å². The Bertz CT molecular complexity index is 1210. The van der Waals surface area contributed by atoms with E-state index in [-0.39, 0.29) is 11.4 Å². The van der Waals surface area contributed by atoms with Gasteiger partial charge in [0.05, 0.1) is 11.3 Å². The van der Waals surface area contributed by atoms with Crippen molar-refractivity contribution >= 4 is 10.9 Å². The minimum atomic E-state index is -0.249. The molecule has 6 nitrogen and oxygen atoms in total. The molecule has 0 spiro atoms. The predicted molar refractivity (Wildman–Crippen MR) is 104 cm³/mol. The maximum atomic E-state index is 13.6. The highest BCUT2D eigenvalue weighted by atomic mass is 19.1. The third-order valence-electron chi connectivity index (χ3n) is 5.21. The van der Waals surface area contributed by atoms with Crippen molar-refractivity contribution in [1.82, 2.24) is 24.8 Å². The van der Waals surface area contributed by atoms with Crippen molar-refractivity contribution in [3.05, 3.63) is 81.9 Å². The summed E-state index contributed by atoms with van der Waals surface area (Å²) in [7, 11) is 0. The maximum absolute atomic E-state index is 13.6. The lowest BCUT2D eigenvalue weighted by atomic mass is 10.1. The normalized spacial score (nSPS) is 14.3. The van der Waals surface area contributed by atoms with Crippen LogP contribution in [-0.4, -0.2) is 31.4 Å². The first-order chi connectivity index (χ1) is 13.7. The van der Waals surface area contributed by atoms with Gasteiger partial charge in [-0.25, -0.2) is 9.37 Å². The fourth-order valence-corrected chi connectivity index (χ4v) is 3.78. The average molecular weight is 375 g/mol. The number of hydrogen-bond donors (Lipinski definition) is 2. The number of hydrogen-bond acceptors (Lipinski definition) is 4. The Kier molecular flexibility index (Phi) is 4.02. The molecule has 140 valence electrons. The summed E-state index contributed by atoms with van der Waals surface area (Å²) in [4.78, 5) is 29.7. The fourth-order valence-electron chi connectivity index (χ4n) is 3.78. The first kappa shape index (κ1) is 16.8. The third-order valence-corrected chi connectivity index (χ3v) is 5.21. The van der Waals surface area contributed by atoms with Gasteiger partial charge in [0.1, 0.15) is 11.6 Å². The Morgan fingerprint density at radius 2 is 2.18 bits per heavy atom. The van der Waals surface area contributed by atoms with Gasteiger partial charge in [0, 0.05) is 61.1 Å². The van der Waals surface area contributed by atoms with Gasteiger partial charge < -0.3 is 9.97 Å². The molecule has 0 aliphatic carbocycles. The SMILES string of the molecule is O=c1[nH]c(-c2cccnc2)nc2c1CN(Cc1c[nH]c3ccc(F)cc13)CC2. The van der Waals surface area contributed by atoms with Crippen molar-refractivity contribution in [2.24, 2.45) is 0 Å². The number of aromatic amines is 2. The predicted octanol–water partition coefficient (Wildman–Crippen LogP) is 3.01. The van der Waals surface area contributed by atoms with Crippen molar-refractivity contribution < 1.29 is 4.39 Å². The summed E-state index contributed by atoms with van der Waals surface area (Å²) >= 11 is 0. The second kappa shape index (κ2) is 6.69. The van der Waals surface area contributed by atoms with E-state index in [0.717, 1.165) is 34.3 Å². The van der Waals surface area contributed by atoms with Gasteiger partial charge in [-0.05, 0) is 35.9 Å². The summed E-state index contributed by atoms with van der Waals surface area (Å²) in [6.07, 6.45) is 5.99. The van der Waals surface area contributed by atoms with E-state index < -0.39 is 0 Å². The Morgan fingerprint density at radius 1 is 1.25 bits per heavy atom. The smallest absolute Gasteiger partial charge is 0.255 e. The van der Waals surface area contributed by atoms with E-state index in [1.165, 1.54) is 6.07 Å². The standard InChI is InChI=1S/C21H18FN5O/c22-15-3-4-18-16(8-15)14(10-24-18)11-27-7-5-19-17(12-27)21(28)26-20(25-19)13-2-1-6-23-9-13/h1-4,6,8-10,24H,5,7,11-12H2,(H,25,26,28). The molecule has 1 aliphatic rings. The zero-order chi connectivity index (χ0) is 19.1. The molecule has 5 rings (SSSR count). The Morgan fingerprint density at radius 3 is 3.04 bits per heavy atom. The number of fused-ring (bicyclic) bond motifs is 2. The molecule has 7 heteroatoms. The van der Waals surface area contributed by atoms with Gasteiger partial charge in [0.25, 0.3) is 5.56 Å². The first-order valence-corrected chi connectivity index (χ1v) is 9.18. The van der Waals surface area contributed by atoms with Gasteiger partial charge in [0.15, 0.2) is 0 Å². The van der Waals surface area contributed by atoms with Gasteiger partial charge in [-0.2, -0.15) is 0 Å². The molecule has 0 fully saturated rings. The van der Waals surface area contributed by atoms with Crippen LogP contribution < -0.4 is 5.56 Å². The quantitative estimate of drug-likeness (QED) is 0.577. The highest BCUT2D eigenvalue weighted by Gasteiger charge is 2.22. The molecular weight excluding hydrogens is 357 g/mol. The lowest BCUT2D eigenvalue weighted by Gasteiger charge is -2.27. The van der Waals surface area contributed by atoms with Crippen molar-refractivity contribution in [3.63, 3.8) is 0 Å². The van der Waals surface area contributed by atoms with Crippen LogP contribution in [0.5, 0.6) is 0 Å². The molecule has 1 aromatic carbocycles. The van der Waals surface area contributed by atoms with E-state index in [2.05, 4.69) is 24.8 Å². The molecule has 0 atom stereocenters. The number of rotatable bonds is 3. The van der Waals surface area contributed by atoms with Crippen LogP contribution in [0.25, 0.3) is 22.3 Å². The van der Waals surface area contributed by atoms with Crippen LogP contribution in [0.4, 0.5) is 4.39 Å². The highest BCUT2D eigenvalue weighted by molar-refractivity contribution is 5.83. The average Bonchev–Trinajstić information content (AvgIpc) is 3.11. The van der Waals surface area contributed by atoms with Crippen molar-refractivity contribution in [3.8, 4) is 11.4 Å². The Hall–Kier alpha value is -3.32. The molecule has 0 saturated heterocycles. The Labute approximate surface area is 160 Å². The summed E-state index contributed by atoms with van der Waals surface area (Å²) in [5.41, 5.74) is 4.15. The van der Waals surface area contributed by atoms with Crippen LogP contribution in [0.3, 0.4) is 0 Å². The van der Waals surface area contributed by atoms with E-state index in [0.29, 0.717) is 30.9 Å². The van der Waals surface area contributed by atoms with Crippen LogP contribution in [0.2, 0.25) is 0 Å². The van der Waals surface area contributed by atoms with E-state index in [1.54, 1.807) is 24.5 Å². The lowest BCUT2D eigenvalue weighted by Crippen LogP contribution is -2.35. The maximum Gasteiger partial charge on any atom is 0.255 e. The van der Waals surface area contributed by atoms with Crippen LogP contribution >= 0.6 is 0 Å². The molecule has 4 heterocycles. The second-order valence-electron chi connectivity index (χ2n) is 7.05. The lowest BCUT2D eigenvalue weighted by molar-refractivity contribution is 0.242. The van der Waals surface area contributed by atoms with Crippen molar-refractivity contribution in [1.29, 1.82) is 0 Å². The first-order valence-electron chi connectivity index (χ1n) is 9.18. The molecule has 2 N–H and O–H groups in total. The monoisotopic (exact) mass is 375 g/mol. The zero-order valence-corrected chi connectivity index (χ0v) is 15.1. The largest absolute Gasteiger partial charge is 0.361 e. The second-order valence-corrected chi connectivity index (χ2v) is 7.05. The number of nitrogens with one attached hydrogen (secondary N) is 2. The summed E-state index contributed by atoms with van der Waals surface area (Å²) in [6.45, 7) is 1.96. The number of benzene rings is 1. The van der Waals surface area contributed by atoms with Gasteiger partial charge >= 0.3 is 0 Å². The van der Waals surface area contributed by atoms with Crippen LogP contribution in [-0.2, 0) is 19.5 Å². The zero-order valence-electron chi connectivity index (χ0n) is 15.1. The molecule has 28 heavy (non-hydrogen) atoms. The van der Waals surface area contributed by atoms with E-state index in [9.17, 15) is 9.18 Å².